The minimum Gasteiger partial charge on any atom is -0.460 e. The molecule has 1 aromatic carbocycles. The first-order valence-electron chi connectivity index (χ1n) is 18.7. The number of hydrogen-bond acceptors (Lipinski definition) is 13. The van der Waals surface area contributed by atoms with Crippen molar-refractivity contribution in [3.8, 4) is 0 Å². The molecule has 17 nitrogen and oxygen atoms in total. The molecule has 1 aromatic heterocycles. The number of carbonyl (C=O) groups is 5. The predicted octanol–water partition coefficient (Wildman–Crippen LogP) is 4.05. The van der Waals surface area contributed by atoms with Gasteiger partial charge in [0.15, 0.2) is 0 Å². The SMILES string of the molecule is Cc1ccc(S(=O)(=O)OCCn2cc(CCC(=O)NCCCCC(NC(=O)N[C@@H](CCC(=O)OC(C)(C)C)C(=O)OC(C)(C)C)C(=O)OC(C)(C)C)nn2)cc1. The topological polar surface area (TPSA) is 223 Å². The number of carbonyl (C=O) groups excluding carboxylic acids is 5. The van der Waals surface area contributed by atoms with Crippen molar-refractivity contribution >= 4 is 40.0 Å². The highest BCUT2D eigenvalue weighted by Crippen LogP contribution is 2.16. The highest BCUT2D eigenvalue weighted by molar-refractivity contribution is 7.86. The Hall–Kier alpha value is -4.58. The number of benzene rings is 1. The molecular formula is C38H60N6O11S. The average Bonchev–Trinajstić information content (AvgIpc) is 3.50. The smallest absolute Gasteiger partial charge is 0.329 e. The molecule has 0 aliphatic heterocycles. The van der Waals surface area contributed by atoms with Gasteiger partial charge in [0.25, 0.3) is 10.1 Å². The van der Waals surface area contributed by atoms with Gasteiger partial charge in [0, 0.05) is 32.0 Å². The van der Waals surface area contributed by atoms with E-state index in [0.717, 1.165) is 5.56 Å². The van der Waals surface area contributed by atoms with Crippen LogP contribution in [-0.4, -0.2) is 95.3 Å². The van der Waals surface area contributed by atoms with Gasteiger partial charge < -0.3 is 30.2 Å². The molecule has 18 heteroatoms. The second-order valence-corrected chi connectivity index (χ2v) is 17.9. The zero-order valence-electron chi connectivity index (χ0n) is 34.4. The minimum atomic E-state index is -3.91. The van der Waals surface area contributed by atoms with Gasteiger partial charge in [-0.25, -0.2) is 19.1 Å². The third kappa shape index (κ3) is 19.8. The fourth-order valence-corrected chi connectivity index (χ4v) is 5.76. The monoisotopic (exact) mass is 808 g/mol. The van der Waals surface area contributed by atoms with E-state index >= 15 is 0 Å². The van der Waals surface area contributed by atoms with Crippen LogP contribution in [-0.2, 0) is 60.7 Å². The molecular weight excluding hydrogens is 749 g/mol. The summed E-state index contributed by atoms with van der Waals surface area (Å²) in [7, 11) is -3.91. The number of hydrogen-bond donors (Lipinski definition) is 3. The number of rotatable bonds is 20. The molecule has 0 saturated carbocycles. The van der Waals surface area contributed by atoms with Crippen LogP contribution in [0.5, 0.6) is 0 Å². The van der Waals surface area contributed by atoms with E-state index in [0.29, 0.717) is 31.5 Å². The Kier molecular flexibility index (Phi) is 17.9. The quantitative estimate of drug-likeness (QED) is 0.0744. The Balaban J connectivity index is 1.86. The van der Waals surface area contributed by atoms with E-state index in [-0.39, 0.29) is 49.6 Å². The van der Waals surface area contributed by atoms with E-state index in [1.165, 1.54) is 16.8 Å². The van der Waals surface area contributed by atoms with Crippen molar-refractivity contribution in [1.82, 2.24) is 30.9 Å². The number of amides is 3. The van der Waals surface area contributed by atoms with Crippen molar-refractivity contribution in [2.45, 2.75) is 155 Å². The summed E-state index contributed by atoms with van der Waals surface area (Å²) >= 11 is 0. The van der Waals surface area contributed by atoms with Crippen molar-refractivity contribution in [2.75, 3.05) is 13.2 Å². The van der Waals surface area contributed by atoms with Crippen LogP contribution in [0.3, 0.4) is 0 Å². The van der Waals surface area contributed by atoms with Gasteiger partial charge in [0.05, 0.1) is 23.7 Å². The summed E-state index contributed by atoms with van der Waals surface area (Å²) in [6.07, 6.45) is 2.87. The molecule has 0 aliphatic rings. The summed E-state index contributed by atoms with van der Waals surface area (Å²) in [5.41, 5.74) is -0.954. The van der Waals surface area contributed by atoms with E-state index in [9.17, 15) is 32.4 Å². The van der Waals surface area contributed by atoms with Crippen LogP contribution in [0.1, 0.15) is 112 Å². The lowest BCUT2D eigenvalue weighted by Gasteiger charge is -2.27. The van der Waals surface area contributed by atoms with Gasteiger partial charge in [-0.15, -0.1) is 5.10 Å². The molecule has 1 heterocycles. The molecule has 0 saturated heterocycles. The number of aryl methyl sites for hydroxylation is 2. The van der Waals surface area contributed by atoms with E-state index in [2.05, 4.69) is 26.3 Å². The normalized spacial score (nSPS) is 13.2. The molecule has 0 bridgehead atoms. The number of esters is 3. The molecule has 2 atom stereocenters. The summed E-state index contributed by atoms with van der Waals surface area (Å²) in [6, 6.07) is 3.22. The summed E-state index contributed by atoms with van der Waals surface area (Å²) in [4.78, 5) is 64.1. The fraction of sp³-hybridized carbons (Fsp3) is 0.658. The summed E-state index contributed by atoms with van der Waals surface area (Å²) < 4.78 is 47.6. The Morgan fingerprint density at radius 1 is 0.768 bits per heavy atom. The average molecular weight is 809 g/mol. The van der Waals surface area contributed by atoms with Gasteiger partial charge >= 0.3 is 23.9 Å². The second-order valence-electron chi connectivity index (χ2n) is 16.3. The highest BCUT2D eigenvalue weighted by Gasteiger charge is 2.31. The molecule has 2 rings (SSSR count). The lowest BCUT2D eigenvalue weighted by molar-refractivity contribution is -0.159. The molecule has 0 fully saturated rings. The molecule has 0 aliphatic carbocycles. The Morgan fingerprint density at radius 2 is 1.32 bits per heavy atom. The maximum absolute atomic E-state index is 13.1. The number of unbranched alkanes of at least 4 members (excludes halogenated alkanes) is 1. The van der Waals surface area contributed by atoms with E-state index < -0.39 is 62.9 Å². The van der Waals surface area contributed by atoms with Crippen molar-refractivity contribution in [2.24, 2.45) is 0 Å². The second kappa shape index (κ2) is 21.1. The molecule has 56 heavy (non-hydrogen) atoms. The van der Waals surface area contributed by atoms with Gasteiger partial charge in [0.2, 0.25) is 5.91 Å². The van der Waals surface area contributed by atoms with Gasteiger partial charge in [-0.2, -0.15) is 8.42 Å². The number of urea groups is 1. The lowest BCUT2D eigenvalue weighted by Crippen LogP contribution is -2.53. The van der Waals surface area contributed by atoms with Crippen LogP contribution >= 0.6 is 0 Å². The van der Waals surface area contributed by atoms with Crippen LogP contribution < -0.4 is 16.0 Å². The van der Waals surface area contributed by atoms with E-state index in [1.807, 2.05) is 6.92 Å². The predicted molar refractivity (Wildman–Crippen MR) is 206 cm³/mol. The van der Waals surface area contributed by atoms with Gasteiger partial charge in [-0.3, -0.25) is 13.8 Å². The molecule has 314 valence electrons. The fourth-order valence-electron chi connectivity index (χ4n) is 4.86. The standard InChI is InChI=1S/C38H60N6O11S/c1-26-14-17-28(18-15-26)56(50,51)52-24-23-44-25-27(42-43-44)16-20-31(45)39-22-12-11-13-29(33(47)54-37(5,6)7)40-35(49)41-30(34(48)55-38(8,9)10)19-21-32(46)53-36(2,3)4/h14-15,17-18,25,29-30H,11-13,16,19-24H2,1-10H3,(H,39,45)(H2,40,41,49)/t29?,30-/m0/s1. The Morgan fingerprint density at radius 3 is 1.88 bits per heavy atom. The minimum absolute atomic E-state index is 0.0652. The van der Waals surface area contributed by atoms with Gasteiger partial charge in [-0.05, 0) is 107 Å². The zero-order valence-corrected chi connectivity index (χ0v) is 35.2. The van der Waals surface area contributed by atoms with Gasteiger partial charge in [0.1, 0.15) is 28.9 Å². The summed E-state index contributed by atoms with van der Waals surface area (Å²) in [5, 5.41) is 16.0. The molecule has 0 radical (unpaired) electrons. The number of nitrogens with zero attached hydrogens (tertiary/aromatic N) is 3. The highest BCUT2D eigenvalue weighted by atomic mass is 32.2. The van der Waals surface area contributed by atoms with Crippen LogP contribution in [0, 0.1) is 6.92 Å². The first kappa shape index (κ1) is 47.6. The van der Waals surface area contributed by atoms with Crippen molar-refractivity contribution in [1.29, 1.82) is 0 Å². The number of aromatic nitrogens is 3. The lowest BCUT2D eigenvalue weighted by atomic mass is 10.1. The van der Waals surface area contributed by atoms with Crippen molar-refractivity contribution < 1.29 is 50.8 Å². The molecule has 0 spiro atoms. The summed E-state index contributed by atoms with van der Waals surface area (Å²) in [6.45, 7) is 17.4. The van der Waals surface area contributed by atoms with E-state index in [1.54, 1.807) is 80.6 Å². The van der Waals surface area contributed by atoms with Crippen LogP contribution in [0.15, 0.2) is 35.4 Å². The first-order valence-corrected chi connectivity index (χ1v) is 20.1. The Labute approximate surface area is 330 Å². The molecule has 3 N–H and O–H groups in total. The molecule has 3 amide bonds. The third-order valence-electron chi connectivity index (χ3n) is 7.35. The Bertz CT molecular complexity index is 1720. The molecule has 2 aromatic rings. The number of nitrogens with one attached hydrogen (secondary N) is 3. The third-order valence-corrected chi connectivity index (χ3v) is 8.68. The van der Waals surface area contributed by atoms with Crippen molar-refractivity contribution in [3.05, 3.63) is 41.7 Å². The van der Waals surface area contributed by atoms with Crippen molar-refractivity contribution in [3.63, 3.8) is 0 Å². The summed E-state index contributed by atoms with van der Waals surface area (Å²) in [5.74, 6) is -2.20. The molecule has 1 unspecified atom stereocenters. The maximum Gasteiger partial charge on any atom is 0.329 e. The van der Waals surface area contributed by atoms with Gasteiger partial charge in [-0.1, -0.05) is 22.9 Å². The zero-order chi connectivity index (χ0) is 42.3. The van der Waals surface area contributed by atoms with Crippen LogP contribution in [0.2, 0.25) is 0 Å². The number of ether oxygens (including phenoxy) is 3. The first-order chi connectivity index (χ1) is 25.8. The van der Waals surface area contributed by atoms with E-state index in [4.69, 9.17) is 18.4 Å². The van der Waals surface area contributed by atoms with Crippen LogP contribution in [0.25, 0.3) is 0 Å². The maximum atomic E-state index is 13.1. The largest absolute Gasteiger partial charge is 0.460 e. The van der Waals surface area contributed by atoms with Crippen LogP contribution in [0.4, 0.5) is 4.79 Å².